The molecule has 1 atom stereocenters. The lowest BCUT2D eigenvalue weighted by atomic mass is 9.95. The van der Waals surface area contributed by atoms with E-state index in [0.717, 1.165) is 0 Å². The highest BCUT2D eigenvalue weighted by atomic mass is 32.2. The van der Waals surface area contributed by atoms with Crippen molar-refractivity contribution in [3.05, 3.63) is 35.0 Å². The van der Waals surface area contributed by atoms with Gasteiger partial charge in [-0.3, -0.25) is 0 Å². The molecule has 2 rings (SSSR count). The first-order chi connectivity index (χ1) is 12.5. The number of nitrogens with zero attached hydrogens (tertiary/aromatic N) is 2. The van der Waals surface area contributed by atoms with Crippen LogP contribution in [0.3, 0.4) is 0 Å². The predicted octanol–water partition coefficient (Wildman–Crippen LogP) is 2.80. The normalized spacial score (nSPS) is 16.3. The van der Waals surface area contributed by atoms with Gasteiger partial charge in [0.2, 0.25) is 0 Å². The van der Waals surface area contributed by atoms with Crippen molar-refractivity contribution in [1.29, 1.82) is 5.26 Å². The number of carbonyl (C=O) groups excluding carboxylic acids is 1. The maximum absolute atomic E-state index is 12.5. The van der Waals surface area contributed by atoms with Crippen molar-refractivity contribution in [2.24, 2.45) is 4.99 Å². The van der Waals surface area contributed by atoms with Crippen LogP contribution in [0.4, 0.5) is 0 Å². The van der Waals surface area contributed by atoms with E-state index in [1.54, 1.807) is 40.2 Å². The lowest BCUT2D eigenvalue weighted by Gasteiger charge is -2.26. The van der Waals surface area contributed by atoms with Gasteiger partial charge in [0.05, 0.1) is 38.2 Å². The van der Waals surface area contributed by atoms with Crippen molar-refractivity contribution >= 4 is 22.9 Å². The Kier molecular flexibility index (Phi) is 6.92. The van der Waals surface area contributed by atoms with Crippen LogP contribution in [0.2, 0.25) is 0 Å². The summed E-state index contributed by atoms with van der Waals surface area (Å²) in [5.74, 6) is 1.01. The van der Waals surface area contributed by atoms with Gasteiger partial charge >= 0.3 is 5.97 Å². The van der Waals surface area contributed by atoms with Crippen LogP contribution in [0, 0.1) is 11.3 Å². The number of ether oxygens (including phenoxy) is 3. The van der Waals surface area contributed by atoms with Crippen LogP contribution in [0.25, 0.3) is 0 Å². The Balaban J connectivity index is 2.53. The van der Waals surface area contributed by atoms with E-state index in [1.807, 2.05) is 6.07 Å². The van der Waals surface area contributed by atoms with Crippen molar-refractivity contribution in [2.75, 3.05) is 26.6 Å². The number of rotatable bonds is 6. The summed E-state index contributed by atoms with van der Waals surface area (Å²) in [4.78, 5) is 17.1. The Labute approximate surface area is 157 Å². The fraction of sp³-hybridized carbons (Fsp3) is 0.389. The topological polar surface area (TPSA) is 92.9 Å². The van der Waals surface area contributed by atoms with E-state index in [0.29, 0.717) is 33.5 Å². The quantitative estimate of drug-likeness (QED) is 0.764. The zero-order valence-corrected chi connectivity index (χ0v) is 16.0. The molecule has 0 fully saturated rings. The number of thioether (sulfide) groups is 1. The highest BCUT2D eigenvalue weighted by Crippen LogP contribution is 2.39. The summed E-state index contributed by atoms with van der Waals surface area (Å²) in [6, 6.07) is 6.82. The Morgan fingerprint density at radius 3 is 2.77 bits per heavy atom. The smallest absolute Gasteiger partial charge is 0.338 e. The third kappa shape index (κ3) is 4.29. The number of hydrogen-bond acceptors (Lipinski definition) is 8. The molecule has 1 aliphatic rings. The van der Waals surface area contributed by atoms with Gasteiger partial charge < -0.3 is 19.5 Å². The van der Waals surface area contributed by atoms with Crippen molar-refractivity contribution in [3.63, 3.8) is 0 Å². The second-order valence-corrected chi connectivity index (χ2v) is 6.24. The van der Waals surface area contributed by atoms with Gasteiger partial charge in [-0.2, -0.15) is 5.26 Å². The monoisotopic (exact) mass is 375 g/mol. The molecular formula is C18H21N3O4S. The average molecular weight is 375 g/mol. The molecule has 0 amide bonds. The second kappa shape index (κ2) is 9.15. The van der Waals surface area contributed by atoms with E-state index in [4.69, 9.17) is 19.5 Å². The summed E-state index contributed by atoms with van der Waals surface area (Å²) < 4.78 is 15.9. The third-order valence-corrected chi connectivity index (χ3v) is 4.48. The molecule has 138 valence electrons. The lowest BCUT2D eigenvalue weighted by molar-refractivity contribution is -0.138. The number of methoxy groups -OCH3 is 2. The van der Waals surface area contributed by atoms with Crippen molar-refractivity contribution in [3.8, 4) is 17.6 Å². The van der Waals surface area contributed by atoms with E-state index in [1.165, 1.54) is 11.8 Å². The summed E-state index contributed by atoms with van der Waals surface area (Å²) in [5.41, 5.74) is 1.77. The molecule has 0 aromatic heterocycles. The number of nitriles is 1. The number of nitrogens with one attached hydrogen (secondary N) is 1. The first kappa shape index (κ1) is 19.7. The Morgan fingerprint density at radius 2 is 2.15 bits per heavy atom. The molecule has 0 saturated heterocycles. The van der Waals surface area contributed by atoms with Crippen molar-refractivity contribution < 1.29 is 19.0 Å². The minimum absolute atomic E-state index is 0.250. The van der Waals surface area contributed by atoms with Crippen LogP contribution in [-0.4, -0.2) is 37.7 Å². The molecule has 1 aromatic rings. The number of esters is 1. The maximum atomic E-state index is 12.5. The van der Waals surface area contributed by atoms with E-state index < -0.39 is 12.0 Å². The highest BCUT2D eigenvalue weighted by molar-refractivity contribution is 8.14. The van der Waals surface area contributed by atoms with Crippen molar-refractivity contribution in [2.45, 2.75) is 19.9 Å². The van der Waals surface area contributed by atoms with Gasteiger partial charge in [0.15, 0.2) is 5.17 Å². The summed E-state index contributed by atoms with van der Waals surface area (Å²) in [7, 11) is 3.12. The van der Waals surface area contributed by atoms with Crippen molar-refractivity contribution in [1.82, 2.24) is 5.32 Å². The summed E-state index contributed by atoms with van der Waals surface area (Å²) in [6.45, 7) is 3.81. The maximum Gasteiger partial charge on any atom is 0.338 e. The Hall–Kier alpha value is -2.66. The average Bonchev–Trinajstić information content (AvgIpc) is 2.65. The highest BCUT2D eigenvalue weighted by Gasteiger charge is 2.32. The summed E-state index contributed by atoms with van der Waals surface area (Å²) in [5, 5.41) is 12.5. The molecule has 1 heterocycles. The molecule has 0 spiro atoms. The van der Waals surface area contributed by atoms with Gasteiger partial charge in [-0.25, -0.2) is 9.79 Å². The molecule has 0 radical (unpaired) electrons. The molecule has 8 heteroatoms. The van der Waals surface area contributed by atoms with Gasteiger partial charge in [0.1, 0.15) is 17.5 Å². The fourth-order valence-corrected chi connectivity index (χ4v) is 3.17. The van der Waals surface area contributed by atoms with Gasteiger partial charge in [-0.1, -0.05) is 11.8 Å². The molecule has 7 nitrogen and oxygen atoms in total. The number of amidine groups is 1. The first-order valence-corrected chi connectivity index (χ1v) is 8.98. The SMILES string of the molecule is CCOC(=O)C1=C(C)NC(SCC#N)=N[C@@H]1c1ccc(OC)cc1OC. The predicted molar refractivity (Wildman–Crippen MR) is 100 cm³/mol. The number of benzene rings is 1. The zero-order valence-electron chi connectivity index (χ0n) is 15.2. The van der Waals surface area contributed by atoms with Crippen LogP contribution in [0.15, 0.2) is 34.5 Å². The third-order valence-electron chi connectivity index (χ3n) is 3.72. The minimum Gasteiger partial charge on any atom is -0.497 e. The van der Waals surface area contributed by atoms with Crippen LogP contribution in [0.1, 0.15) is 25.5 Å². The number of aliphatic imine (C=N–C) groups is 1. The van der Waals surface area contributed by atoms with Crippen LogP contribution in [0.5, 0.6) is 11.5 Å². The lowest BCUT2D eigenvalue weighted by Crippen LogP contribution is -2.30. The molecular weight excluding hydrogens is 354 g/mol. The van der Waals surface area contributed by atoms with E-state index in [9.17, 15) is 4.79 Å². The largest absolute Gasteiger partial charge is 0.497 e. The van der Waals surface area contributed by atoms with Gasteiger partial charge in [0.25, 0.3) is 0 Å². The molecule has 1 aromatic carbocycles. The van der Waals surface area contributed by atoms with Crippen LogP contribution < -0.4 is 14.8 Å². The molecule has 0 saturated carbocycles. The summed E-state index contributed by atoms with van der Waals surface area (Å²) >= 11 is 1.27. The van der Waals surface area contributed by atoms with E-state index >= 15 is 0 Å². The zero-order chi connectivity index (χ0) is 19.1. The number of allylic oxidation sites excluding steroid dienone is 1. The molecule has 0 bridgehead atoms. The Bertz CT molecular complexity index is 783. The second-order valence-electron chi connectivity index (χ2n) is 5.28. The van der Waals surface area contributed by atoms with Gasteiger partial charge in [-0.05, 0) is 26.0 Å². The van der Waals surface area contributed by atoms with Crippen LogP contribution in [-0.2, 0) is 9.53 Å². The summed E-state index contributed by atoms with van der Waals surface area (Å²) in [6.07, 6.45) is 0. The fourth-order valence-electron chi connectivity index (χ4n) is 2.56. The standard InChI is InChI=1S/C18H21N3O4S/c1-5-25-17(22)15-11(2)20-18(26-9-8-19)21-16(15)13-7-6-12(23-3)10-14(13)24-4/h6-7,10,16H,5,9H2,1-4H3,(H,20,21)/t16-/m1/s1. The number of hydrogen-bond donors (Lipinski definition) is 1. The van der Waals surface area contributed by atoms with Gasteiger partial charge in [0, 0.05) is 17.3 Å². The molecule has 0 unspecified atom stereocenters. The van der Waals surface area contributed by atoms with Gasteiger partial charge in [-0.15, -0.1) is 0 Å². The number of carbonyl (C=O) groups is 1. The molecule has 1 aliphatic heterocycles. The van der Waals surface area contributed by atoms with Crippen LogP contribution >= 0.6 is 11.8 Å². The van der Waals surface area contributed by atoms with E-state index in [-0.39, 0.29) is 12.4 Å². The molecule has 1 N–H and O–H groups in total. The Morgan fingerprint density at radius 1 is 1.38 bits per heavy atom. The van der Waals surface area contributed by atoms with E-state index in [2.05, 4.69) is 16.4 Å². The molecule has 0 aliphatic carbocycles. The first-order valence-electron chi connectivity index (χ1n) is 8.00. The minimum atomic E-state index is -0.600. The molecule has 26 heavy (non-hydrogen) atoms.